The van der Waals surface area contributed by atoms with Crippen LogP contribution in [-0.2, 0) is 0 Å². The standard InChI is InChI=1S/C8H5BrN2O/c9-7-1-5-4-11-8(12)2-6(5)3-10-7/h1-4H,(H,11,12). The highest BCUT2D eigenvalue weighted by Gasteiger charge is 1.96. The molecule has 0 fully saturated rings. The minimum absolute atomic E-state index is 0.0200. The molecule has 2 rings (SSSR count). The van der Waals surface area contributed by atoms with Gasteiger partial charge >= 0.3 is 0 Å². The van der Waals surface area contributed by atoms with Gasteiger partial charge in [-0.3, -0.25) is 0 Å². The Morgan fingerprint density at radius 2 is 1.75 bits per heavy atom. The number of rotatable bonds is 0. The van der Waals surface area contributed by atoms with E-state index in [1.165, 1.54) is 0 Å². The van der Waals surface area contributed by atoms with Gasteiger partial charge in [-0.1, -0.05) is 0 Å². The van der Waals surface area contributed by atoms with Crippen LogP contribution < -0.4 is 0 Å². The smallest absolute Gasteiger partial charge is 0.211 e. The fraction of sp³-hybridized carbons (Fsp3) is 0. The van der Waals surface area contributed by atoms with Gasteiger partial charge in [0.2, 0.25) is 5.88 Å². The van der Waals surface area contributed by atoms with Gasteiger partial charge in [-0.2, -0.15) is 0 Å². The Morgan fingerprint density at radius 3 is 2.58 bits per heavy atom. The zero-order chi connectivity index (χ0) is 8.55. The maximum atomic E-state index is 9.05. The average molecular weight is 225 g/mol. The van der Waals surface area contributed by atoms with Crippen LogP contribution in [0, 0.1) is 0 Å². The van der Waals surface area contributed by atoms with Crippen LogP contribution in [0.4, 0.5) is 0 Å². The van der Waals surface area contributed by atoms with Crippen LogP contribution in [0.15, 0.2) is 29.1 Å². The molecule has 0 bridgehead atoms. The molecule has 3 nitrogen and oxygen atoms in total. The molecule has 0 unspecified atom stereocenters. The molecule has 4 heteroatoms. The van der Waals surface area contributed by atoms with Crippen LogP contribution in [0.3, 0.4) is 0 Å². The molecule has 0 aliphatic heterocycles. The summed E-state index contributed by atoms with van der Waals surface area (Å²) in [6.45, 7) is 0. The maximum absolute atomic E-state index is 9.05. The summed E-state index contributed by atoms with van der Waals surface area (Å²) in [7, 11) is 0. The van der Waals surface area contributed by atoms with Crippen LogP contribution in [0.2, 0.25) is 0 Å². The Labute approximate surface area is 77.2 Å². The molecule has 0 aromatic carbocycles. The second kappa shape index (κ2) is 2.71. The normalized spacial score (nSPS) is 10.4. The van der Waals surface area contributed by atoms with Crippen LogP contribution >= 0.6 is 15.9 Å². The van der Waals surface area contributed by atoms with E-state index < -0.39 is 0 Å². The lowest BCUT2D eigenvalue weighted by atomic mass is 10.2. The molecule has 2 aromatic heterocycles. The Bertz CT molecular complexity index is 389. The van der Waals surface area contributed by atoms with Crippen molar-refractivity contribution < 1.29 is 5.11 Å². The van der Waals surface area contributed by atoms with Crippen LogP contribution in [0.5, 0.6) is 5.88 Å². The van der Waals surface area contributed by atoms with E-state index in [4.69, 9.17) is 5.11 Å². The van der Waals surface area contributed by atoms with Gasteiger partial charge < -0.3 is 5.11 Å². The molecule has 60 valence electrons. The van der Waals surface area contributed by atoms with E-state index in [1.807, 2.05) is 6.07 Å². The summed E-state index contributed by atoms with van der Waals surface area (Å²) in [4.78, 5) is 7.78. The van der Waals surface area contributed by atoms with Gasteiger partial charge in [0.05, 0.1) is 0 Å². The van der Waals surface area contributed by atoms with Crippen molar-refractivity contribution in [2.75, 3.05) is 0 Å². The highest BCUT2D eigenvalue weighted by Crippen LogP contribution is 2.18. The first-order valence-electron chi connectivity index (χ1n) is 3.36. The number of aromatic hydroxyl groups is 1. The van der Waals surface area contributed by atoms with E-state index in [1.54, 1.807) is 18.5 Å². The number of aromatic nitrogens is 2. The molecule has 0 atom stereocenters. The van der Waals surface area contributed by atoms with Gasteiger partial charge in [-0.15, -0.1) is 0 Å². The summed E-state index contributed by atoms with van der Waals surface area (Å²) in [5, 5.41) is 10.9. The first-order chi connectivity index (χ1) is 5.75. The van der Waals surface area contributed by atoms with Crippen molar-refractivity contribution in [3.05, 3.63) is 29.1 Å². The monoisotopic (exact) mass is 224 g/mol. The van der Waals surface area contributed by atoms with Crippen molar-refractivity contribution in [2.24, 2.45) is 0 Å². The van der Waals surface area contributed by atoms with Crippen LogP contribution in [0.25, 0.3) is 10.8 Å². The minimum Gasteiger partial charge on any atom is -0.493 e. The molecule has 2 aromatic rings. The fourth-order valence-corrected chi connectivity index (χ4v) is 1.35. The Morgan fingerprint density at radius 1 is 1.08 bits per heavy atom. The van der Waals surface area contributed by atoms with Crippen molar-refractivity contribution >= 4 is 26.7 Å². The van der Waals surface area contributed by atoms with Crippen molar-refractivity contribution in [1.29, 1.82) is 0 Å². The zero-order valence-corrected chi connectivity index (χ0v) is 7.62. The number of nitrogens with zero attached hydrogens (tertiary/aromatic N) is 2. The van der Waals surface area contributed by atoms with E-state index in [0.717, 1.165) is 15.4 Å². The highest BCUT2D eigenvalue weighted by molar-refractivity contribution is 9.10. The maximum Gasteiger partial charge on any atom is 0.211 e. The van der Waals surface area contributed by atoms with Crippen LogP contribution in [0.1, 0.15) is 0 Å². The van der Waals surface area contributed by atoms with Gasteiger partial charge in [0.1, 0.15) is 4.60 Å². The number of halogens is 1. The predicted octanol–water partition coefficient (Wildman–Crippen LogP) is 2.10. The zero-order valence-electron chi connectivity index (χ0n) is 6.03. The average Bonchev–Trinajstić information content (AvgIpc) is 2.05. The number of pyridine rings is 2. The quantitative estimate of drug-likeness (QED) is 0.698. The Balaban J connectivity index is 2.79. The number of hydrogen-bond donors (Lipinski definition) is 1. The lowest BCUT2D eigenvalue weighted by Crippen LogP contribution is -1.79. The molecule has 0 saturated heterocycles. The summed E-state index contributed by atoms with van der Waals surface area (Å²) < 4.78 is 0.766. The third-order valence-electron chi connectivity index (χ3n) is 1.56. The Kier molecular flexibility index (Phi) is 1.69. The van der Waals surface area contributed by atoms with Crippen molar-refractivity contribution in [3.63, 3.8) is 0 Å². The number of hydrogen-bond acceptors (Lipinski definition) is 3. The molecule has 0 amide bonds. The lowest BCUT2D eigenvalue weighted by molar-refractivity contribution is 0.454. The third-order valence-corrected chi connectivity index (χ3v) is 1.99. The van der Waals surface area contributed by atoms with Gasteiger partial charge in [-0.05, 0) is 22.0 Å². The molecule has 0 aliphatic rings. The van der Waals surface area contributed by atoms with Crippen molar-refractivity contribution in [1.82, 2.24) is 9.97 Å². The molecule has 0 aliphatic carbocycles. The summed E-state index contributed by atoms with van der Waals surface area (Å²) in [6, 6.07) is 3.43. The van der Waals surface area contributed by atoms with Gasteiger partial charge in [0.15, 0.2) is 0 Å². The molecule has 1 N–H and O–H groups in total. The van der Waals surface area contributed by atoms with E-state index in [2.05, 4.69) is 25.9 Å². The second-order valence-electron chi connectivity index (χ2n) is 2.40. The van der Waals surface area contributed by atoms with Gasteiger partial charge in [0, 0.05) is 29.2 Å². The molecule has 2 heterocycles. The highest BCUT2D eigenvalue weighted by atomic mass is 79.9. The van der Waals surface area contributed by atoms with Gasteiger partial charge in [0.25, 0.3) is 0 Å². The topological polar surface area (TPSA) is 46.0 Å². The van der Waals surface area contributed by atoms with E-state index in [0.29, 0.717) is 0 Å². The van der Waals surface area contributed by atoms with Crippen molar-refractivity contribution in [3.8, 4) is 5.88 Å². The molecular weight excluding hydrogens is 220 g/mol. The SMILES string of the molecule is Oc1cc2cnc(Br)cc2cn1. The van der Waals surface area contributed by atoms with Crippen LogP contribution in [-0.4, -0.2) is 15.1 Å². The number of fused-ring (bicyclic) bond motifs is 1. The first kappa shape index (κ1) is 7.49. The van der Waals surface area contributed by atoms with E-state index >= 15 is 0 Å². The second-order valence-corrected chi connectivity index (χ2v) is 3.21. The molecule has 12 heavy (non-hydrogen) atoms. The predicted molar refractivity (Wildman–Crippen MR) is 48.9 cm³/mol. The summed E-state index contributed by atoms with van der Waals surface area (Å²) >= 11 is 3.25. The summed E-state index contributed by atoms with van der Waals surface area (Å²) in [6.07, 6.45) is 3.29. The molecule has 0 radical (unpaired) electrons. The van der Waals surface area contributed by atoms with E-state index in [9.17, 15) is 0 Å². The largest absolute Gasteiger partial charge is 0.493 e. The molecule has 0 saturated carbocycles. The van der Waals surface area contributed by atoms with E-state index in [-0.39, 0.29) is 5.88 Å². The fourth-order valence-electron chi connectivity index (χ4n) is 0.999. The van der Waals surface area contributed by atoms with Crippen molar-refractivity contribution in [2.45, 2.75) is 0 Å². The minimum atomic E-state index is 0.0200. The Hall–Kier alpha value is -1.16. The third kappa shape index (κ3) is 1.25. The summed E-state index contributed by atoms with van der Waals surface area (Å²) in [5.74, 6) is 0.0200. The molecular formula is C8H5BrN2O. The first-order valence-corrected chi connectivity index (χ1v) is 4.15. The van der Waals surface area contributed by atoms with Gasteiger partial charge in [-0.25, -0.2) is 9.97 Å². The lowest BCUT2D eigenvalue weighted by Gasteiger charge is -1.96. The summed E-state index contributed by atoms with van der Waals surface area (Å²) in [5.41, 5.74) is 0. The molecule has 0 spiro atoms.